The highest BCUT2D eigenvalue weighted by molar-refractivity contribution is 5.88. The van der Waals surface area contributed by atoms with Gasteiger partial charge in [-0.05, 0) is 37.3 Å². The van der Waals surface area contributed by atoms with E-state index >= 15 is 0 Å². The Balaban J connectivity index is 1.29. The number of anilines is 1. The van der Waals surface area contributed by atoms with E-state index in [1.165, 1.54) is 18.3 Å². The van der Waals surface area contributed by atoms with Crippen molar-refractivity contribution in [2.75, 3.05) is 31.5 Å². The number of nitro groups is 1. The van der Waals surface area contributed by atoms with Crippen molar-refractivity contribution in [3.63, 3.8) is 0 Å². The number of aromatic nitrogens is 1. The van der Waals surface area contributed by atoms with Crippen LogP contribution in [0, 0.1) is 33.3 Å². The van der Waals surface area contributed by atoms with E-state index in [2.05, 4.69) is 21.7 Å². The molecular formula is C27H32N6O4. The number of carbonyl (C=O) groups is 2. The van der Waals surface area contributed by atoms with E-state index < -0.39 is 10.3 Å². The number of rotatable bonds is 8. The summed E-state index contributed by atoms with van der Waals surface area (Å²) in [6.45, 7) is 1.78. The van der Waals surface area contributed by atoms with Gasteiger partial charge in [0.15, 0.2) is 0 Å². The summed E-state index contributed by atoms with van der Waals surface area (Å²) in [5.74, 6) is -0.323. The van der Waals surface area contributed by atoms with Crippen molar-refractivity contribution in [3.8, 4) is 6.07 Å². The highest BCUT2D eigenvalue weighted by Crippen LogP contribution is 2.37. The van der Waals surface area contributed by atoms with Crippen LogP contribution in [-0.2, 0) is 15.0 Å². The Hall–Kier alpha value is -4.00. The molecule has 2 amide bonds. The molecule has 1 aromatic carbocycles. The molecular weight excluding hydrogens is 472 g/mol. The standard InChI is InChI=1S/C27H32N6O4/c28-19-27(20-6-2-1-3-7-20)12-16-32(17-13-27)26(35)23-9-5-4-8-22(23)25(34)30-15-14-29-24-11-10-21(18-31-24)33(36)37/h1-3,6-7,10-11,18,22-23H,4-5,8-9,12-17H2,(H,29,31)(H,30,34). The van der Waals surface area contributed by atoms with E-state index in [1.54, 1.807) is 0 Å². The largest absolute Gasteiger partial charge is 0.368 e. The third-order valence-corrected chi connectivity index (χ3v) is 7.58. The van der Waals surface area contributed by atoms with Crippen molar-refractivity contribution in [1.82, 2.24) is 15.2 Å². The van der Waals surface area contributed by atoms with Crippen LogP contribution in [0.1, 0.15) is 44.1 Å². The molecule has 2 aromatic rings. The van der Waals surface area contributed by atoms with Gasteiger partial charge in [0, 0.05) is 44.1 Å². The maximum absolute atomic E-state index is 13.5. The van der Waals surface area contributed by atoms with Gasteiger partial charge in [0.25, 0.3) is 5.69 Å². The van der Waals surface area contributed by atoms with Gasteiger partial charge in [0.1, 0.15) is 12.0 Å². The minimum atomic E-state index is -0.576. The molecule has 2 fully saturated rings. The lowest BCUT2D eigenvalue weighted by atomic mass is 9.73. The molecule has 0 spiro atoms. The van der Waals surface area contributed by atoms with Crippen LogP contribution in [0.25, 0.3) is 0 Å². The van der Waals surface area contributed by atoms with E-state index in [-0.39, 0.29) is 29.3 Å². The molecule has 2 N–H and O–H groups in total. The summed E-state index contributed by atoms with van der Waals surface area (Å²) in [5.41, 5.74) is 0.336. The van der Waals surface area contributed by atoms with Gasteiger partial charge in [-0.1, -0.05) is 43.2 Å². The molecule has 2 aliphatic rings. The van der Waals surface area contributed by atoms with Crippen LogP contribution in [0.4, 0.5) is 11.5 Å². The minimum absolute atomic E-state index is 0.0210. The Morgan fingerprint density at radius 1 is 1.08 bits per heavy atom. The second kappa shape index (κ2) is 11.8. The summed E-state index contributed by atoms with van der Waals surface area (Å²) in [6.07, 6.45) is 5.57. The van der Waals surface area contributed by atoms with E-state index in [0.29, 0.717) is 57.7 Å². The van der Waals surface area contributed by atoms with Crippen molar-refractivity contribution in [2.24, 2.45) is 11.8 Å². The third-order valence-electron chi connectivity index (χ3n) is 7.58. The number of nitrogens with one attached hydrogen (secondary N) is 2. The normalized spacial score (nSPS) is 20.9. The number of nitrogens with zero attached hydrogens (tertiary/aromatic N) is 4. The van der Waals surface area contributed by atoms with Gasteiger partial charge in [0.2, 0.25) is 11.8 Å². The van der Waals surface area contributed by atoms with Crippen LogP contribution in [0.2, 0.25) is 0 Å². The van der Waals surface area contributed by atoms with Crippen LogP contribution in [0.5, 0.6) is 0 Å². The fraction of sp³-hybridized carbons (Fsp3) is 0.481. The Morgan fingerprint density at radius 2 is 1.78 bits per heavy atom. The SMILES string of the molecule is N#CC1(c2ccccc2)CCN(C(=O)C2CCCCC2C(=O)NCCNc2ccc([N+](=O)[O-])cn2)CC1. The van der Waals surface area contributed by atoms with Gasteiger partial charge in [-0.15, -0.1) is 0 Å². The summed E-state index contributed by atoms with van der Waals surface area (Å²) in [5, 5.41) is 26.6. The molecule has 37 heavy (non-hydrogen) atoms. The molecule has 0 radical (unpaired) electrons. The molecule has 0 bridgehead atoms. The van der Waals surface area contributed by atoms with E-state index in [9.17, 15) is 25.0 Å². The van der Waals surface area contributed by atoms with Gasteiger partial charge in [-0.25, -0.2) is 4.98 Å². The molecule has 10 heteroatoms. The lowest BCUT2D eigenvalue weighted by molar-refractivity contribution is -0.385. The van der Waals surface area contributed by atoms with Gasteiger partial charge in [-0.3, -0.25) is 19.7 Å². The number of nitriles is 1. The molecule has 2 atom stereocenters. The second-order valence-electron chi connectivity index (χ2n) is 9.76. The number of amides is 2. The third kappa shape index (κ3) is 6.05. The quantitative estimate of drug-likeness (QED) is 0.319. The van der Waals surface area contributed by atoms with E-state index in [4.69, 9.17) is 0 Å². The minimum Gasteiger partial charge on any atom is -0.368 e. The van der Waals surface area contributed by atoms with Crippen molar-refractivity contribution in [2.45, 2.75) is 43.9 Å². The number of pyridine rings is 1. The topological polar surface area (TPSA) is 141 Å². The molecule has 2 heterocycles. The summed E-state index contributed by atoms with van der Waals surface area (Å²) >= 11 is 0. The Bertz CT molecular complexity index is 1140. The van der Waals surface area contributed by atoms with E-state index in [1.807, 2.05) is 35.2 Å². The van der Waals surface area contributed by atoms with Crippen molar-refractivity contribution < 1.29 is 14.5 Å². The first-order valence-corrected chi connectivity index (χ1v) is 12.8. The van der Waals surface area contributed by atoms with Crippen LogP contribution in [0.3, 0.4) is 0 Å². The smallest absolute Gasteiger partial charge is 0.287 e. The molecule has 1 saturated carbocycles. The number of benzene rings is 1. The van der Waals surface area contributed by atoms with Gasteiger partial charge in [-0.2, -0.15) is 5.26 Å². The fourth-order valence-electron chi connectivity index (χ4n) is 5.41. The molecule has 2 unspecified atom stereocenters. The van der Waals surface area contributed by atoms with Crippen LogP contribution in [0.15, 0.2) is 48.7 Å². The summed E-state index contributed by atoms with van der Waals surface area (Å²) in [7, 11) is 0. The molecule has 4 rings (SSSR count). The average molecular weight is 505 g/mol. The first kappa shape index (κ1) is 26.1. The van der Waals surface area contributed by atoms with Gasteiger partial charge < -0.3 is 15.5 Å². The zero-order valence-electron chi connectivity index (χ0n) is 20.8. The number of hydrogen-bond acceptors (Lipinski definition) is 7. The van der Waals surface area contributed by atoms with Crippen molar-refractivity contribution >= 4 is 23.3 Å². The predicted octanol–water partition coefficient (Wildman–Crippen LogP) is 3.41. The zero-order chi connectivity index (χ0) is 26.3. The van der Waals surface area contributed by atoms with Crippen LogP contribution < -0.4 is 10.6 Å². The maximum Gasteiger partial charge on any atom is 0.287 e. The first-order valence-electron chi connectivity index (χ1n) is 12.8. The molecule has 1 aliphatic heterocycles. The molecule has 1 aliphatic carbocycles. The van der Waals surface area contributed by atoms with Crippen LogP contribution in [-0.4, -0.2) is 52.8 Å². The Morgan fingerprint density at radius 3 is 2.41 bits per heavy atom. The fourth-order valence-corrected chi connectivity index (χ4v) is 5.41. The van der Waals surface area contributed by atoms with E-state index in [0.717, 1.165) is 18.4 Å². The molecule has 10 nitrogen and oxygen atoms in total. The van der Waals surface area contributed by atoms with Crippen molar-refractivity contribution in [3.05, 3.63) is 64.3 Å². The number of hydrogen-bond donors (Lipinski definition) is 2. The zero-order valence-corrected chi connectivity index (χ0v) is 20.8. The molecule has 194 valence electrons. The Kier molecular flexibility index (Phi) is 8.33. The lowest BCUT2D eigenvalue weighted by Crippen LogP contribution is -2.50. The lowest BCUT2D eigenvalue weighted by Gasteiger charge is -2.40. The second-order valence-corrected chi connectivity index (χ2v) is 9.76. The van der Waals surface area contributed by atoms with Gasteiger partial charge in [0.05, 0.1) is 16.4 Å². The van der Waals surface area contributed by atoms with Crippen LogP contribution >= 0.6 is 0 Å². The van der Waals surface area contributed by atoms with Gasteiger partial charge >= 0.3 is 0 Å². The van der Waals surface area contributed by atoms with Crippen molar-refractivity contribution in [1.29, 1.82) is 5.26 Å². The highest BCUT2D eigenvalue weighted by Gasteiger charge is 2.42. The average Bonchev–Trinajstić information content (AvgIpc) is 2.95. The predicted molar refractivity (Wildman–Crippen MR) is 137 cm³/mol. The summed E-state index contributed by atoms with van der Waals surface area (Å²) in [4.78, 5) is 42.6. The summed E-state index contributed by atoms with van der Waals surface area (Å²) in [6, 6.07) is 15.2. The monoisotopic (exact) mass is 504 g/mol. The highest BCUT2D eigenvalue weighted by atomic mass is 16.6. The molecule has 1 aromatic heterocycles. The first-order chi connectivity index (χ1) is 17.9. The number of piperidine rings is 1. The maximum atomic E-state index is 13.5. The number of carbonyl (C=O) groups excluding carboxylic acids is 2. The Labute approximate surface area is 216 Å². The summed E-state index contributed by atoms with van der Waals surface area (Å²) < 4.78 is 0. The number of likely N-dealkylation sites (tertiary alicyclic amines) is 1. The molecule has 1 saturated heterocycles.